The van der Waals surface area contributed by atoms with E-state index in [1.807, 2.05) is 0 Å². The molecule has 1 aliphatic heterocycles. The molecule has 5 nitrogen and oxygen atoms in total. The second-order valence-electron chi connectivity index (χ2n) is 3.36. The predicted octanol–water partition coefficient (Wildman–Crippen LogP) is 0.529. The molecule has 0 bridgehead atoms. The molecule has 1 saturated heterocycles. The van der Waals surface area contributed by atoms with E-state index in [0.717, 1.165) is 0 Å². The molecule has 13 heavy (non-hydrogen) atoms. The van der Waals surface area contributed by atoms with Crippen LogP contribution < -0.4 is 0 Å². The zero-order valence-corrected chi connectivity index (χ0v) is 7.57. The summed E-state index contributed by atoms with van der Waals surface area (Å²) in [6, 6.07) is 0. The average molecular weight is 188 g/mol. The molecule has 0 aromatic rings. The van der Waals surface area contributed by atoms with Crippen LogP contribution in [0.4, 0.5) is 0 Å². The monoisotopic (exact) mass is 188 g/mol. The molecule has 74 valence electrons. The number of carbonyl (C=O) groups is 2. The molecule has 0 aromatic carbocycles. The summed E-state index contributed by atoms with van der Waals surface area (Å²) in [5.74, 6) is -2.34. The maximum atomic E-state index is 11.1. The van der Waals surface area contributed by atoms with Crippen molar-refractivity contribution in [2.24, 2.45) is 0 Å². The van der Waals surface area contributed by atoms with Gasteiger partial charge in [0.05, 0.1) is 0 Å². The number of ether oxygens (including phenoxy) is 2. The third kappa shape index (κ3) is 2.69. The molecular weight excluding hydrogens is 176 g/mol. The minimum atomic E-state index is -0.943. The van der Waals surface area contributed by atoms with Crippen LogP contribution in [0.15, 0.2) is 0 Å². The molecule has 0 radical (unpaired) electrons. The number of hydrogen-bond acceptors (Lipinski definition) is 4. The second kappa shape index (κ2) is 3.33. The molecule has 1 fully saturated rings. The Hall–Kier alpha value is -1.10. The lowest BCUT2D eigenvalue weighted by Crippen LogP contribution is -2.21. The van der Waals surface area contributed by atoms with Gasteiger partial charge in [-0.1, -0.05) is 0 Å². The first-order chi connectivity index (χ1) is 5.91. The fourth-order valence-electron chi connectivity index (χ4n) is 1.15. The van der Waals surface area contributed by atoms with Gasteiger partial charge in [-0.25, -0.2) is 4.79 Å². The zero-order valence-electron chi connectivity index (χ0n) is 7.57. The van der Waals surface area contributed by atoms with E-state index >= 15 is 0 Å². The van der Waals surface area contributed by atoms with Crippen molar-refractivity contribution in [3.63, 3.8) is 0 Å². The van der Waals surface area contributed by atoms with Gasteiger partial charge in [-0.2, -0.15) is 0 Å². The lowest BCUT2D eigenvalue weighted by Gasteiger charge is -2.14. The molecule has 0 aliphatic carbocycles. The smallest absolute Gasteiger partial charge is 0.337 e. The van der Waals surface area contributed by atoms with E-state index < -0.39 is 23.8 Å². The van der Waals surface area contributed by atoms with Gasteiger partial charge in [0.15, 0.2) is 6.10 Å². The standard InChI is InChI=1S/C8H12O5/c1-8(2)12-5(7(11)13-8)3-4-6(9)10/h5H,3-4H2,1-2H3,(H,9,10). The van der Waals surface area contributed by atoms with Gasteiger partial charge in [-0.3, -0.25) is 4.79 Å². The Morgan fingerprint density at radius 2 is 2.23 bits per heavy atom. The quantitative estimate of drug-likeness (QED) is 0.654. The molecule has 1 heterocycles. The number of esters is 1. The first-order valence-corrected chi connectivity index (χ1v) is 4.03. The minimum absolute atomic E-state index is 0.0875. The third-order valence-corrected chi connectivity index (χ3v) is 1.66. The van der Waals surface area contributed by atoms with Crippen LogP contribution in [-0.4, -0.2) is 28.9 Å². The second-order valence-corrected chi connectivity index (χ2v) is 3.36. The van der Waals surface area contributed by atoms with Crippen LogP contribution in [0, 0.1) is 0 Å². The normalized spacial score (nSPS) is 25.7. The first kappa shape index (κ1) is 9.98. The van der Waals surface area contributed by atoms with Crippen molar-refractivity contribution < 1.29 is 24.2 Å². The van der Waals surface area contributed by atoms with Crippen molar-refractivity contribution in [2.75, 3.05) is 0 Å². The van der Waals surface area contributed by atoms with E-state index in [1.54, 1.807) is 13.8 Å². The molecule has 5 heteroatoms. The summed E-state index contributed by atoms with van der Waals surface area (Å²) in [4.78, 5) is 21.3. The Labute approximate surface area is 75.6 Å². The third-order valence-electron chi connectivity index (χ3n) is 1.66. The van der Waals surface area contributed by atoms with E-state index in [1.165, 1.54) is 0 Å². The van der Waals surface area contributed by atoms with E-state index in [4.69, 9.17) is 14.6 Å². The van der Waals surface area contributed by atoms with E-state index in [-0.39, 0.29) is 12.8 Å². The van der Waals surface area contributed by atoms with Crippen LogP contribution in [0.5, 0.6) is 0 Å². The van der Waals surface area contributed by atoms with Crippen molar-refractivity contribution in [3.8, 4) is 0 Å². The molecule has 0 spiro atoms. The molecule has 1 aliphatic rings. The van der Waals surface area contributed by atoms with Crippen LogP contribution >= 0.6 is 0 Å². The summed E-state index contributed by atoms with van der Waals surface area (Å²) in [5, 5.41) is 8.38. The number of rotatable bonds is 3. The predicted molar refractivity (Wildman–Crippen MR) is 41.9 cm³/mol. The maximum absolute atomic E-state index is 11.1. The molecule has 0 amide bonds. The maximum Gasteiger partial charge on any atom is 0.337 e. The van der Waals surface area contributed by atoms with Crippen molar-refractivity contribution in [1.29, 1.82) is 0 Å². The first-order valence-electron chi connectivity index (χ1n) is 4.03. The summed E-state index contributed by atoms with van der Waals surface area (Å²) in [5.41, 5.74) is 0. The Morgan fingerprint density at radius 3 is 2.62 bits per heavy atom. The highest BCUT2D eigenvalue weighted by Crippen LogP contribution is 2.25. The molecule has 1 rings (SSSR count). The van der Waals surface area contributed by atoms with E-state index in [2.05, 4.69) is 0 Å². The van der Waals surface area contributed by atoms with Crippen molar-refractivity contribution in [3.05, 3.63) is 0 Å². The Morgan fingerprint density at radius 1 is 1.62 bits per heavy atom. The van der Waals surface area contributed by atoms with Gasteiger partial charge in [0.25, 0.3) is 0 Å². The molecule has 0 saturated carbocycles. The largest absolute Gasteiger partial charge is 0.481 e. The molecule has 0 aromatic heterocycles. The van der Waals surface area contributed by atoms with E-state index in [0.29, 0.717) is 0 Å². The fourth-order valence-corrected chi connectivity index (χ4v) is 1.15. The number of hydrogen-bond donors (Lipinski definition) is 1. The summed E-state index contributed by atoms with van der Waals surface area (Å²) in [6.07, 6.45) is -0.654. The fraction of sp³-hybridized carbons (Fsp3) is 0.750. The Balaban J connectivity index is 2.44. The summed E-state index contributed by atoms with van der Waals surface area (Å²) in [6.45, 7) is 3.23. The van der Waals surface area contributed by atoms with Gasteiger partial charge < -0.3 is 14.6 Å². The SMILES string of the molecule is CC1(C)OC(=O)C(CCC(=O)O)O1. The summed E-state index contributed by atoms with van der Waals surface area (Å²) < 4.78 is 10.0. The average Bonchev–Trinajstić information content (AvgIpc) is 2.20. The van der Waals surface area contributed by atoms with Gasteiger partial charge in [-0.15, -0.1) is 0 Å². The van der Waals surface area contributed by atoms with Crippen LogP contribution in [0.1, 0.15) is 26.7 Å². The van der Waals surface area contributed by atoms with E-state index in [9.17, 15) is 9.59 Å². The highest BCUT2D eigenvalue weighted by Gasteiger charge is 2.40. The van der Waals surface area contributed by atoms with Crippen LogP contribution in [0.2, 0.25) is 0 Å². The summed E-state index contributed by atoms with van der Waals surface area (Å²) in [7, 11) is 0. The topological polar surface area (TPSA) is 72.8 Å². The highest BCUT2D eigenvalue weighted by atomic mass is 16.8. The number of carbonyl (C=O) groups excluding carboxylic acids is 1. The van der Waals surface area contributed by atoms with Gasteiger partial charge in [0, 0.05) is 20.3 Å². The number of carboxylic acid groups (broad SMARTS) is 1. The Kier molecular flexibility index (Phi) is 2.56. The van der Waals surface area contributed by atoms with Crippen LogP contribution in [0.25, 0.3) is 0 Å². The molecular formula is C8H12O5. The number of carboxylic acids is 1. The lowest BCUT2D eigenvalue weighted by atomic mass is 10.2. The van der Waals surface area contributed by atoms with Gasteiger partial charge in [0.2, 0.25) is 5.79 Å². The number of cyclic esters (lactones) is 1. The van der Waals surface area contributed by atoms with Gasteiger partial charge in [0.1, 0.15) is 0 Å². The molecule has 1 N–H and O–H groups in total. The number of aliphatic carboxylic acids is 1. The van der Waals surface area contributed by atoms with Crippen molar-refractivity contribution in [1.82, 2.24) is 0 Å². The lowest BCUT2D eigenvalue weighted by molar-refractivity contribution is -0.161. The van der Waals surface area contributed by atoms with Crippen molar-refractivity contribution in [2.45, 2.75) is 38.6 Å². The molecule has 1 atom stereocenters. The summed E-state index contributed by atoms with van der Waals surface area (Å²) >= 11 is 0. The van der Waals surface area contributed by atoms with Crippen molar-refractivity contribution >= 4 is 11.9 Å². The minimum Gasteiger partial charge on any atom is -0.481 e. The molecule has 1 unspecified atom stereocenters. The van der Waals surface area contributed by atoms with Crippen LogP contribution in [0.3, 0.4) is 0 Å². The van der Waals surface area contributed by atoms with Gasteiger partial charge >= 0.3 is 11.9 Å². The van der Waals surface area contributed by atoms with Crippen LogP contribution in [-0.2, 0) is 19.1 Å². The Bertz CT molecular complexity index is 233. The zero-order chi connectivity index (χ0) is 10.1. The van der Waals surface area contributed by atoms with Gasteiger partial charge in [-0.05, 0) is 6.42 Å². The highest BCUT2D eigenvalue weighted by molar-refractivity contribution is 5.77.